The number of amides is 1. The van der Waals surface area contributed by atoms with E-state index in [9.17, 15) is 4.79 Å². The molecule has 1 atom stereocenters. The number of likely N-dealkylation sites (tertiary alicyclic amines) is 2. The van der Waals surface area contributed by atoms with E-state index in [2.05, 4.69) is 25.8 Å². The predicted molar refractivity (Wildman–Crippen MR) is 107 cm³/mol. The van der Waals surface area contributed by atoms with Gasteiger partial charge in [-0.25, -0.2) is 9.97 Å². The summed E-state index contributed by atoms with van der Waals surface area (Å²) in [5.74, 6) is 2.69. The van der Waals surface area contributed by atoms with Crippen molar-refractivity contribution in [3.63, 3.8) is 0 Å². The topological polar surface area (TPSA) is 52.6 Å². The van der Waals surface area contributed by atoms with Crippen LogP contribution >= 0.6 is 0 Å². The molecule has 1 amide bonds. The van der Waals surface area contributed by atoms with Crippen molar-refractivity contribution in [1.82, 2.24) is 19.8 Å². The van der Waals surface area contributed by atoms with Crippen LogP contribution < -0.4 is 4.90 Å². The second kappa shape index (κ2) is 8.55. The molecule has 6 heteroatoms. The molecule has 0 N–H and O–H groups in total. The highest BCUT2D eigenvalue weighted by molar-refractivity contribution is 5.78. The summed E-state index contributed by atoms with van der Waals surface area (Å²) in [5.41, 5.74) is 1.17. The van der Waals surface area contributed by atoms with Crippen molar-refractivity contribution in [3.05, 3.63) is 17.6 Å². The standard InChI is InChI=1S/C21H33N5O/c1-17-22-19(14-20(23-17)25-10-5-6-11-25)18-8-7-9-24(15-18)16-21(27)26-12-3-2-4-13-26/h14,18H,2-13,15-16H2,1H3/t18-/m0/s1. The minimum Gasteiger partial charge on any atom is -0.357 e. The largest absolute Gasteiger partial charge is 0.357 e. The number of hydrogen-bond donors (Lipinski definition) is 0. The second-order valence-electron chi connectivity index (χ2n) is 8.41. The Hall–Kier alpha value is -1.69. The fourth-order valence-electron chi connectivity index (χ4n) is 4.77. The minimum atomic E-state index is 0.312. The van der Waals surface area contributed by atoms with Crippen molar-refractivity contribution in [3.8, 4) is 0 Å². The summed E-state index contributed by atoms with van der Waals surface area (Å²) in [5, 5.41) is 0. The van der Waals surface area contributed by atoms with E-state index in [1.54, 1.807) is 0 Å². The van der Waals surface area contributed by atoms with Crippen LogP contribution in [0.5, 0.6) is 0 Å². The quantitative estimate of drug-likeness (QED) is 0.814. The fraction of sp³-hybridized carbons (Fsp3) is 0.762. The van der Waals surface area contributed by atoms with Crippen LogP contribution in [0.25, 0.3) is 0 Å². The predicted octanol–water partition coefficient (Wildman–Crippen LogP) is 2.58. The van der Waals surface area contributed by atoms with Crippen molar-refractivity contribution in [2.45, 2.75) is 57.8 Å². The molecule has 6 nitrogen and oxygen atoms in total. The molecule has 3 fully saturated rings. The summed E-state index contributed by atoms with van der Waals surface area (Å²) in [6.45, 7) is 8.65. The first-order valence-electron chi connectivity index (χ1n) is 10.8. The van der Waals surface area contributed by atoms with Gasteiger partial charge in [-0.2, -0.15) is 0 Å². The molecular formula is C21H33N5O. The average molecular weight is 372 g/mol. The number of anilines is 1. The Bertz CT molecular complexity index is 652. The molecule has 0 aromatic carbocycles. The van der Waals surface area contributed by atoms with Gasteiger partial charge in [0.15, 0.2) is 0 Å². The zero-order valence-corrected chi connectivity index (χ0v) is 16.7. The number of piperidine rings is 2. The Morgan fingerprint density at radius 1 is 1.00 bits per heavy atom. The van der Waals surface area contributed by atoms with Crippen molar-refractivity contribution in [2.75, 3.05) is 50.7 Å². The van der Waals surface area contributed by atoms with Crippen molar-refractivity contribution in [2.24, 2.45) is 0 Å². The highest BCUT2D eigenvalue weighted by Crippen LogP contribution is 2.28. The molecule has 1 aromatic rings. The molecular weight excluding hydrogens is 338 g/mol. The summed E-state index contributed by atoms with van der Waals surface area (Å²) >= 11 is 0. The smallest absolute Gasteiger partial charge is 0.236 e. The fourth-order valence-corrected chi connectivity index (χ4v) is 4.77. The van der Waals surface area contributed by atoms with Crippen molar-refractivity contribution >= 4 is 11.7 Å². The van der Waals surface area contributed by atoms with Gasteiger partial charge in [0.25, 0.3) is 0 Å². The molecule has 0 aliphatic carbocycles. The first kappa shape index (κ1) is 18.7. The van der Waals surface area contributed by atoms with Crippen LogP contribution in [0.2, 0.25) is 0 Å². The van der Waals surface area contributed by atoms with Gasteiger partial charge in [0.1, 0.15) is 11.6 Å². The lowest BCUT2D eigenvalue weighted by atomic mass is 9.94. The Labute approximate surface area is 162 Å². The molecule has 27 heavy (non-hydrogen) atoms. The number of carbonyl (C=O) groups excluding carboxylic acids is 1. The normalized spacial score (nSPS) is 24.4. The second-order valence-corrected chi connectivity index (χ2v) is 8.41. The Kier molecular flexibility index (Phi) is 5.91. The molecule has 0 radical (unpaired) electrons. The number of aryl methyl sites for hydroxylation is 1. The van der Waals surface area contributed by atoms with Gasteiger partial charge in [-0.05, 0) is 58.4 Å². The third kappa shape index (κ3) is 4.60. The summed E-state index contributed by atoms with van der Waals surface area (Å²) in [6.07, 6.45) is 8.40. The molecule has 3 aliphatic rings. The van der Waals surface area contributed by atoms with E-state index in [4.69, 9.17) is 4.98 Å². The van der Waals surface area contributed by atoms with Gasteiger partial charge >= 0.3 is 0 Å². The first-order chi connectivity index (χ1) is 13.2. The van der Waals surface area contributed by atoms with Gasteiger partial charge in [-0.3, -0.25) is 9.69 Å². The van der Waals surface area contributed by atoms with E-state index in [1.165, 1.54) is 25.0 Å². The summed E-state index contributed by atoms with van der Waals surface area (Å²) in [7, 11) is 0. The molecule has 0 spiro atoms. The van der Waals surface area contributed by atoms with Crippen LogP contribution in [0.1, 0.15) is 62.4 Å². The van der Waals surface area contributed by atoms with E-state index in [0.29, 0.717) is 18.4 Å². The van der Waals surface area contributed by atoms with Crippen LogP contribution in [-0.2, 0) is 4.79 Å². The number of aromatic nitrogens is 2. The lowest BCUT2D eigenvalue weighted by Crippen LogP contribution is -2.45. The summed E-state index contributed by atoms with van der Waals surface area (Å²) < 4.78 is 0. The number of carbonyl (C=O) groups is 1. The van der Waals surface area contributed by atoms with Gasteiger partial charge < -0.3 is 9.80 Å². The molecule has 1 aromatic heterocycles. The molecule has 0 unspecified atom stereocenters. The molecule has 148 valence electrons. The molecule has 0 saturated carbocycles. The van der Waals surface area contributed by atoms with Crippen LogP contribution in [-0.4, -0.2) is 71.5 Å². The SMILES string of the molecule is Cc1nc([C@H]2CCCN(CC(=O)N3CCCCC3)C2)cc(N2CCCC2)n1. The van der Waals surface area contributed by atoms with Crippen LogP contribution in [0.15, 0.2) is 6.07 Å². The Morgan fingerprint density at radius 2 is 1.74 bits per heavy atom. The van der Waals surface area contributed by atoms with Crippen molar-refractivity contribution < 1.29 is 4.79 Å². The van der Waals surface area contributed by atoms with E-state index in [1.807, 2.05) is 6.92 Å². The van der Waals surface area contributed by atoms with E-state index in [-0.39, 0.29) is 0 Å². The zero-order valence-electron chi connectivity index (χ0n) is 16.7. The average Bonchev–Trinajstić information content (AvgIpc) is 3.23. The van der Waals surface area contributed by atoms with Crippen molar-refractivity contribution in [1.29, 1.82) is 0 Å². The lowest BCUT2D eigenvalue weighted by Gasteiger charge is -2.34. The zero-order chi connectivity index (χ0) is 18.6. The maximum absolute atomic E-state index is 12.6. The Morgan fingerprint density at radius 3 is 2.52 bits per heavy atom. The van der Waals surface area contributed by atoms with Gasteiger partial charge in [0.2, 0.25) is 5.91 Å². The van der Waals surface area contributed by atoms with E-state index in [0.717, 1.165) is 76.6 Å². The van der Waals surface area contributed by atoms with Crippen LogP contribution in [0.3, 0.4) is 0 Å². The maximum atomic E-state index is 12.6. The Balaban J connectivity index is 1.41. The highest BCUT2D eigenvalue weighted by Gasteiger charge is 2.27. The molecule has 0 bridgehead atoms. The molecule has 4 rings (SSSR count). The molecule has 3 aliphatic heterocycles. The van der Waals surface area contributed by atoms with E-state index >= 15 is 0 Å². The highest BCUT2D eigenvalue weighted by atomic mass is 16.2. The first-order valence-corrected chi connectivity index (χ1v) is 10.8. The third-order valence-electron chi connectivity index (χ3n) is 6.27. The van der Waals surface area contributed by atoms with E-state index < -0.39 is 0 Å². The summed E-state index contributed by atoms with van der Waals surface area (Å²) in [6, 6.07) is 2.21. The minimum absolute atomic E-state index is 0.312. The van der Waals surface area contributed by atoms with Gasteiger partial charge in [0.05, 0.1) is 12.2 Å². The number of nitrogens with zero attached hydrogens (tertiary/aromatic N) is 5. The molecule has 3 saturated heterocycles. The lowest BCUT2D eigenvalue weighted by molar-refractivity contribution is -0.133. The summed E-state index contributed by atoms with van der Waals surface area (Å²) in [4.78, 5) is 28.9. The van der Waals surface area contributed by atoms with Crippen LogP contribution in [0, 0.1) is 6.92 Å². The molecule has 4 heterocycles. The maximum Gasteiger partial charge on any atom is 0.236 e. The van der Waals surface area contributed by atoms with Gasteiger partial charge in [-0.15, -0.1) is 0 Å². The number of rotatable bonds is 4. The van der Waals surface area contributed by atoms with Crippen LogP contribution in [0.4, 0.5) is 5.82 Å². The monoisotopic (exact) mass is 371 g/mol. The number of hydrogen-bond acceptors (Lipinski definition) is 5. The third-order valence-corrected chi connectivity index (χ3v) is 6.27. The van der Waals surface area contributed by atoms with Gasteiger partial charge in [-0.1, -0.05) is 0 Å². The van der Waals surface area contributed by atoms with Gasteiger partial charge in [0, 0.05) is 44.7 Å².